The van der Waals surface area contributed by atoms with Gasteiger partial charge in [-0.15, -0.1) is 11.3 Å². The molecule has 7 nitrogen and oxygen atoms in total. The van der Waals surface area contributed by atoms with Gasteiger partial charge in [0.1, 0.15) is 10.8 Å². The number of methoxy groups -OCH3 is 2. The van der Waals surface area contributed by atoms with Gasteiger partial charge in [0.05, 0.1) is 19.9 Å². The SMILES string of the molecule is COc1ccc(-c2nc(CSc3nc(N)cc(=O)[nH]3)cs2)cc1OC. The smallest absolute Gasteiger partial charge is 0.253 e. The summed E-state index contributed by atoms with van der Waals surface area (Å²) in [4.78, 5) is 22.8. The molecule has 1 aromatic carbocycles. The van der Waals surface area contributed by atoms with E-state index in [0.29, 0.717) is 22.4 Å². The zero-order valence-corrected chi connectivity index (χ0v) is 15.2. The highest BCUT2D eigenvalue weighted by molar-refractivity contribution is 7.98. The summed E-state index contributed by atoms with van der Waals surface area (Å²) in [5.74, 6) is 2.12. The minimum atomic E-state index is -0.265. The van der Waals surface area contributed by atoms with Gasteiger partial charge in [-0.2, -0.15) is 0 Å². The Morgan fingerprint density at radius 3 is 2.72 bits per heavy atom. The summed E-state index contributed by atoms with van der Waals surface area (Å²) in [5, 5.41) is 3.33. The van der Waals surface area contributed by atoms with Crippen LogP contribution in [0.3, 0.4) is 0 Å². The molecule has 0 spiro atoms. The average Bonchev–Trinajstić information content (AvgIpc) is 3.07. The number of hydrogen-bond acceptors (Lipinski definition) is 8. The van der Waals surface area contributed by atoms with E-state index < -0.39 is 0 Å². The molecule has 0 atom stereocenters. The number of H-pyrrole nitrogens is 1. The lowest BCUT2D eigenvalue weighted by atomic mass is 10.2. The Labute approximate surface area is 152 Å². The molecule has 0 saturated heterocycles. The number of nitrogens with zero attached hydrogens (tertiary/aromatic N) is 2. The number of aromatic nitrogens is 3. The standard InChI is InChI=1S/C16H16N4O3S2/c1-22-11-4-3-9(5-12(11)23-2)15-18-10(7-24-15)8-25-16-19-13(17)6-14(21)20-16/h3-7H,8H2,1-2H3,(H3,17,19,20,21). The van der Waals surface area contributed by atoms with Crippen molar-refractivity contribution in [2.75, 3.05) is 20.0 Å². The second-order valence-corrected chi connectivity index (χ2v) is 6.80. The van der Waals surface area contributed by atoms with Gasteiger partial charge in [-0.3, -0.25) is 4.79 Å². The number of thioether (sulfide) groups is 1. The largest absolute Gasteiger partial charge is 0.493 e. The molecule has 0 amide bonds. The molecule has 25 heavy (non-hydrogen) atoms. The molecule has 3 N–H and O–H groups in total. The van der Waals surface area contributed by atoms with E-state index in [-0.39, 0.29) is 11.4 Å². The lowest BCUT2D eigenvalue weighted by Crippen LogP contribution is -2.09. The Hall–Kier alpha value is -2.52. The first-order valence-corrected chi connectivity index (χ1v) is 9.12. The van der Waals surface area contributed by atoms with E-state index in [0.717, 1.165) is 16.3 Å². The molecular formula is C16H16N4O3S2. The van der Waals surface area contributed by atoms with E-state index in [1.54, 1.807) is 14.2 Å². The second kappa shape index (κ2) is 7.58. The number of hydrogen-bond donors (Lipinski definition) is 2. The average molecular weight is 376 g/mol. The van der Waals surface area contributed by atoms with Crippen LogP contribution in [0, 0.1) is 0 Å². The number of rotatable bonds is 6. The van der Waals surface area contributed by atoms with Crippen LogP contribution in [-0.4, -0.2) is 29.2 Å². The number of nitrogens with one attached hydrogen (secondary N) is 1. The Balaban J connectivity index is 1.75. The topological polar surface area (TPSA) is 103 Å². The maximum absolute atomic E-state index is 11.4. The molecule has 0 unspecified atom stereocenters. The van der Waals surface area contributed by atoms with Crippen molar-refractivity contribution in [3.63, 3.8) is 0 Å². The van der Waals surface area contributed by atoms with E-state index in [1.807, 2.05) is 23.6 Å². The van der Waals surface area contributed by atoms with Crippen LogP contribution in [0.1, 0.15) is 5.69 Å². The van der Waals surface area contributed by atoms with Crippen LogP contribution in [0.2, 0.25) is 0 Å². The maximum atomic E-state index is 11.4. The zero-order chi connectivity index (χ0) is 17.8. The molecule has 0 aliphatic rings. The first kappa shape index (κ1) is 17.3. The van der Waals surface area contributed by atoms with Gasteiger partial charge in [0, 0.05) is 22.8 Å². The summed E-state index contributed by atoms with van der Waals surface area (Å²) < 4.78 is 10.6. The second-order valence-electron chi connectivity index (χ2n) is 4.98. The van der Waals surface area contributed by atoms with Crippen molar-refractivity contribution in [1.29, 1.82) is 0 Å². The summed E-state index contributed by atoms with van der Waals surface area (Å²) in [6, 6.07) is 6.94. The third-order valence-electron chi connectivity index (χ3n) is 3.28. The van der Waals surface area contributed by atoms with Crippen LogP contribution in [0.5, 0.6) is 11.5 Å². The molecule has 0 aliphatic heterocycles. The van der Waals surface area contributed by atoms with Crippen molar-refractivity contribution < 1.29 is 9.47 Å². The first-order chi connectivity index (χ1) is 12.1. The number of ether oxygens (including phenoxy) is 2. The van der Waals surface area contributed by atoms with Gasteiger partial charge in [-0.25, -0.2) is 9.97 Å². The fourth-order valence-corrected chi connectivity index (χ4v) is 3.84. The fourth-order valence-electron chi connectivity index (χ4n) is 2.14. The van der Waals surface area contributed by atoms with Crippen molar-refractivity contribution in [2.24, 2.45) is 0 Å². The van der Waals surface area contributed by atoms with Crippen molar-refractivity contribution >= 4 is 28.9 Å². The van der Waals surface area contributed by atoms with E-state index >= 15 is 0 Å². The molecule has 9 heteroatoms. The first-order valence-electron chi connectivity index (χ1n) is 7.25. The monoisotopic (exact) mass is 376 g/mol. The molecule has 0 radical (unpaired) electrons. The molecule has 0 saturated carbocycles. The van der Waals surface area contributed by atoms with Gasteiger partial charge in [-0.1, -0.05) is 11.8 Å². The number of benzene rings is 1. The van der Waals surface area contributed by atoms with Gasteiger partial charge >= 0.3 is 0 Å². The number of nitrogen functional groups attached to an aromatic ring is 1. The summed E-state index contributed by atoms with van der Waals surface area (Å²) >= 11 is 2.92. The van der Waals surface area contributed by atoms with Crippen LogP contribution in [0.25, 0.3) is 10.6 Å². The quantitative estimate of drug-likeness (QED) is 0.503. The van der Waals surface area contributed by atoms with E-state index in [1.165, 1.54) is 29.2 Å². The van der Waals surface area contributed by atoms with Gasteiger partial charge in [0.15, 0.2) is 16.7 Å². The van der Waals surface area contributed by atoms with Crippen LogP contribution < -0.4 is 20.8 Å². The fraction of sp³-hybridized carbons (Fsp3) is 0.188. The van der Waals surface area contributed by atoms with Crippen LogP contribution in [0.15, 0.2) is 39.6 Å². The summed E-state index contributed by atoms with van der Waals surface area (Å²) in [7, 11) is 3.20. The molecule has 3 rings (SSSR count). The van der Waals surface area contributed by atoms with E-state index in [2.05, 4.69) is 15.0 Å². The van der Waals surface area contributed by atoms with Crippen molar-refractivity contribution in [3.8, 4) is 22.1 Å². The molecule has 0 bridgehead atoms. The van der Waals surface area contributed by atoms with E-state index in [4.69, 9.17) is 15.2 Å². The zero-order valence-electron chi connectivity index (χ0n) is 13.6. The Kier molecular flexibility index (Phi) is 5.25. The van der Waals surface area contributed by atoms with Crippen molar-refractivity contribution in [3.05, 3.63) is 45.7 Å². The highest BCUT2D eigenvalue weighted by atomic mass is 32.2. The molecule has 0 aliphatic carbocycles. The number of anilines is 1. The highest BCUT2D eigenvalue weighted by Gasteiger charge is 2.10. The molecule has 2 heterocycles. The third kappa shape index (κ3) is 4.12. The summed E-state index contributed by atoms with van der Waals surface area (Å²) in [6.45, 7) is 0. The predicted octanol–water partition coefficient (Wildman–Crippen LogP) is 2.79. The highest BCUT2D eigenvalue weighted by Crippen LogP contribution is 2.34. The number of aromatic amines is 1. The van der Waals surface area contributed by atoms with Crippen molar-refractivity contribution in [1.82, 2.24) is 15.0 Å². The third-order valence-corrected chi connectivity index (χ3v) is 5.13. The molecule has 0 fully saturated rings. The van der Waals surface area contributed by atoms with Crippen LogP contribution >= 0.6 is 23.1 Å². The van der Waals surface area contributed by atoms with Crippen LogP contribution in [0.4, 0.5) is 5.82 Å². The summed E-state index contributed by atoms with van der Waals surface area (Å²) in [5.41, 5.74) is 7.16. The minimum absolute atomic E-state index is 0.204. The van der Waals surface area contributed by atoms with Crippen molar-refractivity contribution in [2.45, 2.75) is 10.9 Å². The molecule has 2 aromatic heterocycles. The van der Waals surface area contributed by atoms with E-state index in [9.17, 15) is 4.79 Å². The number of thiazole rings is 1. The van der Waals surface area contributed by atoms with Gasteiger partial charge < -0.3 is 20.2 Å². The summed E-state index contributed by atoms with van der Waals surface area (Å²) in [6.07, 6.45) is 0. The normalized spacial score (nSPS) is 10.6. The predicted molar refractivity (Wildman–Crippen MR) is 99.5 cm³/mol. The Morgan fingerprint density at radius 1 is 1.20 bits per heavy atom. The van der Waals surface area contributed by atoms with Gasteiger partial charge in [0.25, 0.3) is 5.56 Å². The minimum Gasteiger partial charge on any atom is -0.493 e. The lowest BCUT2D eigenvalue weighted by molar-refractivity contribution is 0.355. The Morgan fingerprint density at radius 2 is 2.00 bits per heavy atom. The maximum Gasteiger partial charge on any atom is 0.253 e. The number of nitrogens with two attached hydrogens (primary N) is 1. The lowest BCUT2D eigenvalue weighted by Gasteiger charge is -2.08. The Bertz CT molecular complexity index is 939. The molecule has 130 valence electrons. The van der Waals surface area contributed by atoms with Crippen LogP contribution in [-0.2, 0) is 5.75 Å². The molecular weight excluding hydrogens is 360 g/mol. The molecule has 3 aromatic rings. The van der Waals surface area contributed by atoms with Gasteiger partial charge in [0.2, 0.25) is 0 Å². The van der Waals surface area contributed by atoms with Gasteiger partial charge in [-0.05, 0) is 18.2 Å².